The van der Waals surface area contributed by atoms with E-state index in [1.54, 1.807) is 19.9 Å². The summed E-state index contributed by atoms with van der Waals surface area (Å²) < 4.78 is 24.3. The normalized spacial score (nSPS) is 42.4. The van der Waals surface area contributed by atoms with Gasteiger partial charge in [0.1, 0.15) is 12.3 Å². The summed E-state index contributed by atoms with van der Waals surface area (Å²) in [5.74, 6) is -5.67. The average Bonchev–Trinajstić information content (AvgIpc) is 3.71. The van der Waals surface area contributed by atoms with E-state index in [2.05, 4.69) is 18.3 Å². The number of amides is 2. The number of carbonyl (C=O) groups excluding carboxylic acids is 4. The quantitative estimate of drug-likeness (QED) is 0.140. The SMILES string of the molecule is CNC(=O)[C@@H](C)[C@H]1C(=O)C(C(=O)/C=C/C(C)=C/[C@@H](C)[C@H]2O[C@@]3(C)O[C@H](C=C[C@@]34CO4)[C@@H]2C)C(=O)N1[C@@H]1CC[C@H](O)[C@H](C)O1. The topological polar surface area (TPSA) is 144 Å². The van der Waals surface area contributed by atoms with Gasteiger partial charge in [0.2, 0.25) is 17.6 Å². The van der Waals surface area contributed by atoms with E-state index in [1.165, 1.54) is 18.0 Å². The van der Waals surface area contributed by atoms with Crippen LogP contribution in [0.1, 0.15) is 54.4 Å². The fourth-order valence-electron chi connectivity index (χ4n) is 6.98. The first-order chi connectivity index (χ1) is 20.2. The number of hydrogen-bond acceptors (Lipinski definition) is 9. The molecule has 4 saturated heterocycles. The molecule has 12 atom stereocenters. The minimum atomic E-state index is -1.57. The molecule has 2 amide bonds. The smallest absolute Gasteiger partial charge is 0.243 e. The molecule has 43 heavy (non-hydrogen) atoms. The number of ether oxygens (including phenoxy) is 4. The highest BCUT2D eigenvalue weighted by molar-refractivity contribution is 6.27. The van der Waals surface area contributed by atoms with Crippen molar-refractivity contribution in [1.82, 2.24) is 10.2 Å². The van der Waals surface area contributed by atoms with Crippen LogP contribution in [0.5, 0.6) is 0 Å². The first-order valence-electron chi connectivity index (χ1n) is 15.2. The average molecular weight is 601 g/mol. The number of fused-ring (bicyclic) bond motifs is 3. The van der Waals surface area contributed by atoms with Crippen LogP contribution in [-0.2, 0) is 38.1 Å². The molecule has 5 aliphatic rings. The van der Waals surface area contributed by atoms with Gasteiger partial charge in [-0.05, 0) is 45.8 Å². The number of Topliss-reactive ketones (excluding diaryl/α,β-unsaturated/α-hetero) is 1. The number of carbonyl (C=O) groups is 4. The van der Waals surface area contributed by atoms with Crippen molar-refractivity contribution in [3.63, 3.8) is 0 Å². The van der Waals surface area contributed by atoms with Crippen molar-refractivity contribution in [3.8, 4) is 0 Å². The zero-order chi connectivity index (χ0) is 31.4. The second-order valence-electron chi connectivity index (χ2n) is 12.9. The highest BCUT2D eigenvalue weighted by atomic mass is 16.8. The lowest BCUT2D eigenvalue weighted by Gasteiger charge is -2.51. The Morgan fingerprint density at radius 1 is 1.16 bits per heavy atom. The van der Waals surface area contributed by atoms with Gasteiger partial charge in [0.05, 0.1) is 36.9 Å². The lowest BCUT2D eigenvalue weighted by Crippen LogP contribution is -2.61. The molecule has 1 spiro atoms. The number of rotatable bonds is 8. The van der Waals surface area contributed by atoms with Crippen LogP contribution in [0.3, 0.4) is 0 Å². The van der Waals surface area contributed by atoms with Gasteiger partial charge in [0, 0.05) is 18.9 Å². The maximum atomic E-state index is 13.6. The molecule has 11 nitrogen and oxygen atoms in total. The molecule has 0 aromatic rings. The number of nitrogens with zero attached hydrogens (tertiary/aromatic N) is 1. The van der Waals surface area contributed by atoms with Crippen molar-refractivity contribution in [2.45, 2.75) is 102 Å². The van der Waals surface area contributed by atoms with E-state index in [9.17, 15) is 24.3 Å². The van der Waals surface area contributed by atoms with E-state index in [-0.39, 0.29) is 30.5 Å². The monoisotopic (exact) mass is 600 g/mol. The number of hydrogen-bond donors (Lipinski definition) is 2. The van der Waals surface area contributed by atoms with Crippen LogP contribution in [0.25, 0.3) is 0 Å². The zero-order valence-electron chi connectivity index (χ0n) is 25.9. The summed E-state index contributed by atoms with van der Waals surface area (Å²) in [5.41, 5.74) is 0.226. The third kappa shape index (κ3) is 5.55. The second kappa shape index (κ2) is 11.7. The van der Waals surface area contributed by atoms with Gasteiger partial charge in [0.15, 0.2) is 23.1 Å². The Morgan fingerprint density at radius 2 is 1.86 bits per heavy atom. The highest BCUT2D eigenvalue weighted by Crippen LogP contribution is 2.52. The van der Waals surface area contributed by atoms with Crippen molar-refractivity contribution < 1.29 is 43.2 Å². The molecule has 0 aliphatic carbocycles. The molecule has 0 saturated carbocycles. The number of ketones is 2. The van der Waals surface area contributed by atoms with Gasteiger partial charge in [-0.15, -0.1) is 0 Å². The number of likely N-dealkylation sites (tertiary alicyclic amines) is 1. The minimum Gasteiger partial charge on any atom is -0.390 e. The van der Waals surface area contributed by atoms with Crippen molar-refractivity contribution in [2.24, 2.45) is 23.7 Å². The fraction of sp³-hybridized carbons (Fsp3) is 0.688. The summed E-state index contributed by atoms with van der Waals surface area (Å²) >= 11 is 0. The summed E-state index contributed by atoms with van der Waals surface area (Å²) in [4.78, 5) is 54.4. The Kier molecular flexibility index (Phi) is 8.60. The van der Waals surface area contributed by atoms with Gasteiger partial charge < -0.3 is 34.3 Å². The van der Waals surface area contributed by atoms with Crippen molar-refractivity contribution >= 4 is 23.4 Å². The highest BCUT2D eigenvalue weighted by Gasteiger charge is 2.66. The maximum Gasteiger partial charge on any atom is 0.243 e. The van der Waals surface area contributed by atoms with Crippen LogP contribution in [0, 0.1) is 23.7 Å². The number of allylic oxidation sites excluding steroid dienone is 3. The van der Waals surface area contributed by atoms with Gasteiger partial charge in [-0.1, -0.05) is 44.6 Å². The Morgan fingerprint density at radius 3 is 2.49 bits per heavy atom. The summed E-state index contributed by atoms with van der Waals surface area (Å²) in [6, 6.07) is -1.15. The summed E-state index contributed by atoms with van der Waals surface area (Å²) in [7, 11) is 1.45. The predicted octanol–water partition coefficient (Wildman–Crippen LogP) is 1.83. The molecule has 236 valence electrons. The Hall–Kier alpha value is -2.70. The van der Waals surface area contributed by atoms with Gasteiger partial charge in [0.25, 0.3) is 0 Å². The minimum absolute atomic E-state index is 0.0356. The molecule has 2 N–H and O–H groups in total. The van der Waals surface area contributed by atoms with Crippen LogP contribution in [0.4, 0.5) is 0 Å². The molecule has 1 unspecified atom stereocenters. The Balaban J connectivity index is 1.31. The lowest BCUT2D eigenvalue weighted by molar-refractivity contribution is -0.346. The van der Waals surface area contributed by atoms with Crippen LogP contribution < -0.4 is 5.32 Å². The van der Waals surface area contributed by atoms with Gasteiger partial charge >= 0.3 is 0 Å². The third-order valence-corrected chi connectivity index (χ3v) is 9.82. The van der Waals surface area contributed by atoms with E-state index < -0.39 is 71.1 Å². The Bertz CT molecular complexity index is 1260. The van der Waals surface area contributed by atoms with E-state index in [4.69, 9.17) is 18.9 Å². The first-order valence-corrected chi connectivity index (χ1v) is 15.2. The molecule has 2 bridgehead atoms. The van der Waals surface area contributed by atoms with E-state index >= 15 is 0 Å². The molecule has 0 aromatic heterocycles. The molecule has 5 heterocycles. The summed E-state index contributed by atoms with van der Waals surface area (Å²) in [6.07, 6.45) is 7.27. The molecule has 5 rings (SSSR count). The van der Waals surface area contributed by atoms with Crippen molar-refractivity contribution in [1.29, 1.82) is 0 Å². The third-order valence-electron chi connectivity index (χ3n) is 9.82. The molecular formula is C32H44N2O9. The number of aliphatic hydroxyl groups excluding tert-OH is 1. The standard InChI is InChI=1S/C32H44N2O9/c1-16(14-17(2)28-18(3)23-12-13-32(15-40-32)31(6,42-23)43-28)8-9-22(36)25-27(37)26(19(4)29(38)33-7)34(30(25)39)24-11-10-21(35)20(5)41-24/h8-9,12-14,17-21,23-26,28,35H,10-11,15H2,1-7H3,(H,33,38)/b9-8+,16-14+/t17-,18+,19+,20+,21+,23-,24+,25?,26+,28-,31-,32-/m1/s1. The fourth-order valence-corrected chi connectivity index (χ4v) is 6.98. The van der Waals surface area contributed by atoms with Crippen LogP contribution in [0.2, 0.25) is 0 Å². The number of aliphatic hydroxyl groups is 1. The van der Waals surface area contributed by atoms with Gasteiger partial charge in [-0.2, -0.15) is 0 Å². The van der Waals surface area contributed by atoms with Gasteiger partial charge in [-0.3, -0.25) is 19.2 Å². The number of epoxide rings is 1. The number of nitrogens with one attached hydrogen (secondary N) is 1. The molecule has 11 heteroatoms. The lowest BCUT2D eigenvalue weighted by atomic mass is 9.82. The molecular weight excluding hydrogens is 556 g/mol. The van der Waals surface area contributed by atoms with Crippen LogP contribution >= 0.6 is 0 Å². The van der Waals surface area contributed by atoms with E-state index in [1.807, 2.05) is 32.9 Å². The first kappa shape index (κ1) is 31.7. The Labute approximate surface area is 252 Å². The van der Waals surface area contributed by atoms with Crippen LogP contribution in [-0.4, -0.2) is 95.1 Å². The molecule has 4 fully saturated rings. The summed E-state index contributed by atoms with van der Waals surface area (Å²) in [6.45, 7) is 11.7. The van der Waals surface area contributed by atoms with Crippen LogP contribution in [0.15, 0.2) is 36.0 Å². The predicted molar refractivity (Wildman–Crippen MR) is 154 cm³/mol. The largest absolute Gasteiger partial charge is 0.390 e. The van der Waals surface area contributed by atoms with E-state index in [0.29, 0.717) is 13.0 Å². The molecule has 0 aromatic carbocycles. The van der Waals surface area contributed by atoms with E-state index in [0.717, 1.165) is 5.57 Å². The van der Waals surface area contributed by atoms with Crippen molar-refractivity contribution in [3.05, 3.63) is 36.0 Å². The maximum absolute atomic E-state index is 13.6. The second-order valence-corrected chi connectivity index (χ2v) is 12.9. The zero-order valence-corrected chi connectivity index (χ0v) is 25.9. The van der Waals surface area contributed by atoms with Crippen molar-refractivity contribution in [2.75, 3.05) is 13.7 Å². The molecule has 0 radical (unpaired) electrons. The summed E-state index contributed by atoms with van der Waals surface area (Å²) in [5, 5.41) is 12.6. The van der Waals surface area contributed by atoms with Gasteiger partial charge in [-0.25, -0.2) is 0 Å². The molecule has 5 aliphatic heterocycles.